The van der Waals surface area contributed by atoms with E-state index in [0.717, 1.165) is 28.1 Å². The zero-order chi connectivity index (χ0) is 17.6. The maximum absolute atomic E-state index is 12.9. The molecule has 0 saturated carbocycles. The lowest BCUT2D eigenvalue weighted by atomic mass is 9.90. The topological polar surface area (TPSA) is 55.1 Å². The Bertz CT molecular complexity index is 767. The van der Waals surface area contributed by atoms with E-state index < -0.39 is 0 Å². The van der Waals surface area contributed by atoms with E-state index in [1.165, 1.54) is 0 Å². The van der Waals surface area contributed by atoms with Gasteiger partial charge in [-0.15, -0.1) is 0 Å². The van der Waals surface area contributed by atoms with Crippen molar-refractivity contribution in [3.05, 3.63) is 88.8 Å². The van der Waals surface area contributed by atoms with Crippen molar-refractivity contribution in [2.24, 2.45) is 0 Å². The number of nitrogens with zero attached hydrogens (tertiary/aromatic N) is 1. The van der Waals surface area contributed by atoms with Gasteiger partial charge in [-0.3, -0.25) is 4.79 Å². The Morgan fingerprint density at radius 1 is 1.00 bits per heavy atom. The molecule has 2 aromatic carbocycles. The maximum atomic E-state index is 12.9. The van der Waals surface area contributed by atoms with Crippen LogP contribution in [-0.2, 0) is 11.2 Å². The van der Waals surface area contributed by atoms with Gasteiger partial charge in [-0.1, -0.05) is 65.8 Å². The highest BCUT2D eigenvalue weighted by molar-refractivity contribution is 5.87. The van der Waals surface area contributed by atoms with Gasteiger partial charge in [0.25, 0.3) is 0 Å². The number of aromatic nitrogens is 1. The normalized spacial score (nSPS) is 10.8. The number of hydrogen-bond acceptors (Lipinski definition) is 3. The summed E-state index contributed by atoms with van der Waals surface area (Å²) >= 11 is 0. The second kappa shape index (κ2) is 7.79. The number of carbonyl (C=O) groups is 1. The highest BCUT2D eigenvalue weighted by Crippen LogP contribution is 2.24. The van der Waals surface area contributed by atoms with Crippen molar-refractivity contribution in [2.45, 2.75) is 26.2 Å². The fourth-order valence-electron chi connectivity index (χ4n) is 3.06. The first-order chi connectivity index (χ1) is 12.2. The quantitative estimate of drug-likeness (QED) is 0.746. The van der Waals surface area contributed by atoms with Crippen LogP contribution in [0.5, 0.6) is 0 Å². The minimum Gasteiger partial charge on any atom is -0.361 e. The molecule has 3 aromatic rings. The molecule has 0 aliphatic carbocycles. The first-order valence-electron chi connectivity index (χ1n) is 8.46. The Hall–Kier alpha value is -2.88. The monoisotopic (exact) mass is 334 g/mol. The molecule has 0 spiro atoms. The fraction of sp³-hybridized carbons (Fsp3) is 0.238. The third kappa shape index (κ3) is 3.97. The van der Waals surface area contributed by atoms with Crippen LogP contribution in [0.1, 0.15) is 34.1 Å². The number of aryl methyl sites for hydroxylation is 2. The molecular formula is C21H22N2O2. The van der Waals surface area contributed by atoms with Crippen molar-refractivity contribution >= 4 is 5.91 Å². The van der Waals surface area contributed by atoms with Gasteiger partial charge in [0.15, 0.2) is 0 Å². The molecular weight excluding hydrogens is 312 g/mol. The van der Waals surface area contributed by atoms with Crippen LogP contribution in [0.2, 0.25) is 0 Å². The number of amides is 1. The Balaban J connectivity index is 1.74. The largest absolute Gasteiger partial charge is 0.361 e. The summed E-state index contributed by atoms with van der Waals surface area (Å²) in [6.07, 6.45) is 0.712. The number of carbonyl (C=O) groups excluding carboxylic acids is 1. The van der Waals surface area contributed by atoms with Gasteiger partial charge in [0, 0.05) is 12.1 Å². The second-order valence-electron chi connectivity index (χ2n) is 6.10. The molecule has 0 fully saturated rings. The summed E-state index contributed by atoms with van der Waals surface area (Å²) in [6, 6.07) is 19.7. The predicted molar refractivity (Wildman–Crippen MR) is 97.4 cm³/mol. The number of rotatable bonds is 6. The minimum atomic E-state index is -0.313. The number of hydrogen-bond donors (Lipinski definition) is 1. The van der Waals surface area contributed by atoms with Crippen LogP contribution in [0.15, 0.2) is 65.2 Å². The molecule has 1 aromatic heterocycles. The Kier molecular flexibility index (Phi) is 5.29. The van der Waals surface area contributed by atoms with E-state index in [-0.39, 0.29) is 11.8 Å². The third-order valence-corrected chi connectivity index (χ3v) is 4.38. The molecule has 25 heavy (non-hydrogen) atoms. The summed E-state index contributed by atoms with van der Waals surface area (Å²) < 4.78 is 5.18. The second-order valence-corrected chi connectivity index (χ2v) is 6.10. The van der Waals surface area contributed by atoms with E-state index >= 15 is 0 Å². The zero-order valence-electron chi connectivity index (χ0n) is 14.5. The molecule has 4 heteroatoms. The molecule has 1 heterocycles. The summed E-state index contributed by atoms with van der Waals surface area (Å²) in [7, 11) is 0. The molecule has 3 rings (SSSR count). The first kappa shape index (κ1) is 17.0. The lowest BCUT2D eigenvalue weighted by Gasteiger charge is -2.18. The van der Waals surface area contributed by atoms with E-state index in [1.54, 1.807) is 0 Å². The molecule has 0 radical (unpaired) electrons. The van der Waals surface area contributed by atoms with Gasteiger partial charge in [0.1, 0.15) is 5.76 Å². The Morgan fingerprint density at radius 2 is 1.56 bits per heavy atom. The average Bonchev–Trinajstić information content (AvgIpc) is 2.96. The molecule has 0 unspecified atom stereocenters. The Morgan fingerprint density at radius 3 is 2.04 bits per heavy atom. The summed E-state index contributed by atoms with van der Waals surface area (Å²) in [5.74, 6) is 0.505. The van der Waals surface area contributed by atoms with Crippen molar-refractivity contribution in [1.29, 1.82) is 0 Å². The van der Waals surface area contributed by atoms with E-state index in [2.05, 4.69) is 10.5 Å². The van der Waals surface area contributed by atoms with Gasteiger partial charge in [-0.25, -0.2) is 0 Å². The van der Waals surface area contributed by atoms with Crippen molar-refractivity contribution in [1.82, 2.24) is 10.5 Å². The molecule has 0 bridgehead atoms. The molecule has 0 saturated heterocycles. The van der Waals surface area contributed by atoms with Gasteiger partial charge in [-0.05, 0) is 31.4 Å². The smallest absolute Gasteiger partial charge is 0.232 e. The standard InChI is InChI=1S/C21H22N2O2/c1-15-19(16(2)25-23-15)13-14-22-21(24)20(17-9-5-3-6-10-17)18-11-7-4-8-12-18/h3-12,20H,13-14H2,1-2H3,(H,22,24). The molecule has 1 N–H and O–H groups in total. The maximum Gasteiger partial charge on any atom is 0.232 e. The van der Waals surface area contributed by atoms with Gasteiger partial charge in [0.05, 0.1) is 11.6 Å². The molecule has 128 valence electrons. The van der Waals surface area contributed by atoms with Crippen LogP contribution >= 0.6 is 0 Å². The van der Waals surface area contributed by atoms with Gasteiger partial charge in [0.2, 0.25) is 5.91 Å². The third-order valence-electron chi connectivity index (χ3n) is 4.38. The highest BCUT2D eigenvalue weighted by Gasteiger charge is 2.22. The minimum absolute atomic E-state index is 0.00385. The molecule has 0 atom stereocenters. The van der Waals surface area contributed by atoms with Crippen molar-refractivity contribution in [3.63, 3.8) is 0 Å². The van der Waals surface area contributed by atoms with Gasteiger partial charge >= 0.3 is 0 Å². The predicted octanol–water partition coefficient (Wildman–Crippen LogP) is 3.78. The average molecular weight is 334 g/mol. The molecule has 1 amide bonds. The number of nitrogens with one attached hydrogen (secondary N) is 1. The van der Waals surface area contributed by atoms with E-state index in [9.17, 15) is 4.79 Å². The van der Waals surface area contributed by atoms with Gasteiger partial charge in [-0.2, -0.15) is 0 Å². The van der Waals surface area contributed by atoms with E-state index in [1.807, 2.05) is 74.5 Å². The summed E-state index contributed by atoms with van der Waals surface area (Å²) in [5.41, 5.74) is 3.93. The SMILES string of the molecule is Cc1noc(C)c1CCNC(=O)C(c1ccccc1)c1ccccc1. The van der Waals surface area contributed by atoms with Crippen LogP contribution in [0.4, 0.5) is 0 Å². The highest BCUT2D eigenvalue weighted by atomic mass is 16.5. The van der Waals surface area contributed by atoms with Gasteiger partial charge < -0.3 is 9.84 Å². The summed E-state index contributed by atoms with van der Waals surface area (Å²) in [4.78, 5) is 12.9. The Labute approximate surface area is 147 Å². The van der Waals surface area contributed by atoms with Crippen molar-refractivity contribution < 1.29 is 9.32 Å². The van der Waals surface area contributed by atoms with Crippen LogP contribution in [0.25, 0.3) is 0 Å². The summed E-state index contributed by atoms with van der Waals surface area (Å²) in [6.45, 7) is 4.37. The molecule has 4 nitrogen and oxygen atoms in total. The molecule has 0 aliphatic heterocycles. The van der Waals surface area contributed by atoms with Crippen LogP contribution < -0.4 is 5.32 Å². The summed E-state index contributed by atoms with van der Waals surface area (Å²) in [5, 5.41) is 7.02. The first-order valence-corrected chi connectivity index (χ1v) is 8.46. The number of benzene rings is 2. The van der Waals surface area contributed by atoms with Crippen LogP contribution in [0, 0.1) is 13.8 Å². The van der Waals surface area contributed by atoms with Crippen molar-refractivity contribution in [2.75, 3.05) is 6.54 Å². The lowest BCUT2D eigenvalue weighted by Crippen LogP contribution is -2.31. The van der Waals surface area contributed by atoms with Crippen LogP contribution in [-0.4, -0.2) is 17.6 Å². The van der Waals surface area contributed by atoms with E-state index in [0.29, 0.717) is 13.0 Å². The fourth-order valence-corrected chi connectivity index (χ4v) is 3.06. The van der Waals surface area contributed by atoms with E-state index in [4.69, 9.17) is 4.52 Å². The zero-order valence-corrected chi connectivity index (χ0v) is 14.5. The lowest BCUT2D eigenvalue weighted by molar-refractivity contribution is -0.121. The molecule has 0 aliphatic rings. The van der Waals surface area contributed by atoms with Crippen LogP contribution in [0.3, 0.4) is 0 Å². The van der Waals surface area contributed by atoms with Crippen molar-refractivity contribution in [3.8, 4) is 0 Å².